The molecule has 0 bridgehead atoms. The molecule has 15 heavy (non-hydrogen) atoms. The van der Waals surface area contributed by atoms with E-state index in [0.29, 0.717) is 0 Å². The van der Waals surface area contributed by atoms with Crippen LogP contribution in [0.1, 0.15) is 11.1 Å². The monoisotopic (exact) mass is 190 g/mol. The molecule has 4 rings (SSSR count). The SMILES string of the molecule is C1=Cc2ccc3c(c2C1)-c1ccccc1-3. The quantitative estimate of drug-likeness (QED) is 0.504. The molecule has 0 fully saturated rings. The van der Waals surface area contributed by atoms with Gasteiger partial charge in [0, 0.05) is 0 Å². The lowest BCUT2D eigenvalue weighted by atomic mass is 9.77. The van der Waals surface area contributed by atoms with Crippen molar-refractivity contribution in [1.29, 1.82) is 0 Å². The van der Waals surface area contributed by atoms with E-state index in [1.54, 1.807) is 0 Å². The zero-order valence-electron chi connectivity index (χ0n) is 8.33. The smallest absolute Gasteiger partial charge is 0.00577 e. The third-order valence-electron chi connectivity index (χ3n) is 3.46. The Morgan fingerprint density at radius 1 is 0.800 bits per heavy atom. The standard InChI is InChI=1S/C15H10/c1-2-6-13-12(5-1)14-9-8-10-4-3-7-11(10)15(13)14/h1-6,8-9H,7H2. The fourth-order valence-corrected chi connectivity index (χ4v) is 2.75. The Balaban J connectivity index is 2.06. The fraction of sp³-hybridized carbons (Fsp3) is 0.0667. The Hall–Kier alpha value is -1.82. The Morgan fingerprint density at radius 2 is 1.67 bits per heavy atom. The van der Waals surface area contributed by atoms with Crippen LogP contribution in [-0.4, -0.2) is 0 Å². The van der Waals surface area contributed by atoms with E-state index < -0.39 is 0 Å². The van der Waals surface area contributed by atoms with Crippen molar-refractivity contribution >= 4 is 6.08 Å². The number of benzene rings is 2. The second-order valence-electron chi connectivity index (χ2n) is 4.21. The van der Waals surface area contributed by atoms with Crippen molar-refractivity contribution in [1.82, 2.24) is 0 Å². The first-order valence-corrected chi connectivity index (χ1v) is 5.37. The molecule has 0 N–H and O–H groups in total. The van der Waals surface area contributed by atoms with Gasteiger partial charge in [0.1, 0.15) is 0 Å². The highest BCUT2D eigenvalue weighted by Crippen LogP contribution is 2.50. The molecular weight excluding hydrogens is 180 g/mol. The zero-order chi connectivity index (χ0) is 9.83. The molecule has 0 nitrogen and oxygen atoms in total. The second-order valence-corrected chi connectivity index (χ2v) is 4.21. The second kappa shape index (κ2) is 2.40. The van der Waals surface area contributed by atoms with Crippen LogP contribution < -0.4 is 0 Å². The molecule has 0 heterocycles. The first-order valence-electron chi connectivity index (χ1n) is 5.37. The fourth-order valence-electron chi connectivity index (χ4n) is 2.75. The first kappa shape index (κ1) is 7.47. The molecule has 0 spiro atoms. The molecule has 2 aliphatic carbocycles. The van der Waals surface area contributed by atoms with Gasteiger partial charge in [0.05, 0.1) is 0 Å². The highest BCUT2D eigenvalue weighted by atomic mass is 14.3. The summed E-state index contributed by atoms with van der Waals surface area (Å²) in [5.41, 5.74) is 8.71. The van der Waals surface area contributed by atoms with Crippen molar-refractivity contribution in [2.45, 2.75) is 6.42 Å². The summed E-state index contributed by atoms with van der Waals surface area (Å²) in [4.78, 5) is 0. The number of hydrogen-bond acceptors (Lipinski definition) is 0. The normalized spacial score (nSPS) is 14.1. The van der Waals surface area contributed by atoms with Gasteiger partial charge in [-0.05, 0) is 39.8 Å². The molecule has 0 heteroatoms. The molecule has 0 aromatic heterocycles. The Kier molecular flexibility index (Phi) is 1.20. The predicted molar refractivity (Wildman–Crippen MR) is 63.6 cm³/mol. The van der Waals surface area contributed by atoms with Gasteiger partial charge in [-0.2, -0.15) is 0 Å². The molecule has 0 atom stereocenters. The summed E-state index contributed by atoms with van der Waals surface area (Å²) in [6.07, 6.45) is 5.59. The van der Waals surface area contributed by atoms with E-state index in [4.69, 9.17) is 0 Å². The van der Waals surface area contributed by atoms with Gasteiger partial charge >= 0.3 is 0 Å². The van der Waals surface area contributed by atoms with Crippen LogP contribution in [0.3, 0.4) is 0 Å². The molecule has 0 saturated carbocycles. The van der Waals surface area contributed by atoms with E-state index >= 15 is 0 Å². The van der Waals surface area contributed by atoms with Crippen molar-refractivity contribution in [2.24, 2.45) is 0 Å². The maximum atomic E-state index is 2.26. The minimum absolute atomic E-state index is 1.10. The maximum absolute atomic E-state index is 2.26. The average Bonchev–Trinajstić information content (AvgIpc) is 2.70. The molecule has 0 saturated heterocycles. The van der Waals surface area contributed by atoms with Gasteiger partial charge in [-0.25, -0.2) is 0 Å². The van der Waals surface area contributed by atoms with Crippen molar-refractivity contribution in [2.75, 3.05) is 0 Å². The summed E-state index contributed by atoms with van der Waals surface area (Å²) < 4.78 is 0. The van der Waals surface area contributed by atoms with Gasteiger partial charge in [-0.3, -0.25) is 0 Å². The highest BCUT2D eigenvalue weighted by molar-refractivity contribution is 6.05. The molecule has 2 aromatic carbocycles. The number of fused-ring (bicyclic) bond motifs is 6. The van der Waals surface area contributed by atoms with Crippen molar-refractivity contribution in [3.05, 3.63) is 53.6 Å². The Bertz CT molecular complexity index is 603. The number of hydrogen-bond donors (Lipinski definition) is 0. The third kappa shape index (κ3) is 0.782. The molecule has 0 radical (unpaired) electrons. The molecule has 0 aliphatic heterocycles. The van der Waals surface area contributed by atoms with Gasteiger partial charge in [0.15, 0.2) is 0 Å². The number of rotatable bonds is 0. The van der Waals surface area contributed by atoms with E-state index in [1.807, 2.05) is 0 Å². The van der Waals surface area contributed by atoms with Crippen LogP contribution in [0, 0.1) is 0 Å². The summed E-state index contributed by atoms with van der Waals surface area (Å²) >= 11 is 0. The van der Waals surface area contributed by atoms with Gasteiger partial charge in [-0.1, -0.05) is 48.6 Å². The Labute approximate surface area is 88.9 Å². The topological polar surface area (TPSA) is 0 Å². The third-order valence-corrected chi connectivity index (χ3v) is 3.46. The molecule has 2 aromatic rings. The van der Waals surface area contributed by atoms with E-state index in [0.717, 1.165) is 6.42 Å². The van der Waals surface area contributed by atoms with Gasteiger partial charge in [0.25, 0.3) is 0 Å². The average molecular weight is 190 g/mol. The van der Waals surface area contributed by atoms with Crippen LogP contribution in [-0.2, 0) is 6.42 Å². The van der Waals surface area contributed by atoms with Crippen molar-refractivity contribution < 1.29 is 0 Å². The van der Waals surface area contributed by atoms with Crippen LogP contribution >= 0.6 is 0 Å². The summed E-state index contributed by atoms with van der Waals surface area (Å²) in [5.74, 6) is 0. The van der Waals surface area contributed by atoms with Crippen LogP contribution in [0.2, 0.25) is 0 Å². The van der Waals surface area contributed by atoms with Gasteiger partial charge in [0.2, 0.25) is 0 Å². The van der Waals surface area contributed by atoms with Crippen LogP contribution in [0.15, 0.2) is 42.5 Å². The Morgan fingerprint density at radius 3 is 2.60 bits per heavy atom. The van der Waals surface area contributed by atoms with E-state index in [1.165, 1.54) is 33.4 Å². The van der Waals surface area contributed by atoms with Crippen LogP contribution in [0.4, 0.5) is 0 Å². The highest BCUT2D eigenvalue weighted by Gasteiger charge is 2.26. The predicted octanol–water partition coefficient (Wildman–Crippen LogP) is 3.90. The lowest BCUT2D eigenvalue weighted by Gasteiger charge is -2.26. The maximum Gasteiger partial charge on any atom is -0.00577 e. The van der Waals surface area contributed by atoms with Crippen molar-refractivity contribution in [3.63, 3.8) is 0 Å². The zero-order valence-corrected chi connectivity index (χ0v) is 8.33. The molecule has 70 valence electrons. The summed E-state index contributed by atoms with van der Waals surface area (Å²) in [7, 11) is 0. The van der Waals surface area contributed by atoms with E-state index in [2.05, 4.69) is 48.6 Å². The molecule has 0 unspecified atom stereocenters. The van der Waals surface area contributed by atoms with E-state index in [9.17, 15) is 0 Å². The molecule has 0 amide bonds. The summed E-state index contributed by atoms with van der Waals surface area (Å²) in [6.45, 7) is 0. The minimum atomic E-state index is 1.10. The van der Waals surface area contributed by atoms with Crippen molar-refractivity contribution in [3.8, 4) is 22.3 Å². The summed E-state index contributed by atoms with van der Waals surface area (Å²) in [5, 5.41) is 0. The van der Waals surface area contributed by atoms with Crippen LogP contribution in [0.5, 0.6) is 0 Å². The number of allylic oxidation sites excluding steroid dienone is 1. The van der Waals surface area contributed by atoms with Gasteiger partial charge in [-0.15, -0.1) is 0 Å². The summed E-state index contributed by atoms with van der Waals surface area (Å²) in [6, 6.07) is 13.2. The first-order chi connectivity index (χ1) is 7.45. The lowest BCUT2D eigenvalue weighted by molar-refractivity contribution is 1.29. The minimum Gasteiger partial charge on any atom is -0.0795 e. The van der Waals surface area contributed by atoms with Crippen LogP contribution in [0.25, 0.3) is 28.3 Å². The largest absolute Gasteiger partial charge is 0.0795 e. The molecular formula is C15H10. The lowest BCUT2D eigenvalue weighted by Crippen LogP contribution is -2.02. The molecule has 2 aliphatic rings. The van der Waals surface area contributed by atoms with Gasteiger partial charge < -0.3 is 0 Å². The van der Waals surface area contributed by atoms with E-state index in [-0.39, 0.29) is 0 Å².